The first-order valence-electron chi connectivity index (χ1n) is 10.2. The lowest BCUT2D eigenvalue weighted by atomic mass is 10.0. The Hall–Kier alpha value is -4.71. The van der Waals surface area contributed by atoms with Crippen LogP contribution in [0.2, 0.25) is 0 Å². The highest BCUT2D eigenvalue weighted by molar-refractivity contribution is 6.09. The molecule has 0 aliphatic heterocycles. The van der Waals surface area contributed by atoms with Crippen molar-refractivity contribution in [1.29, 1.82) is 0 Å². The van der Waals surface area contributed by atoms with Crippen LogP contribution in [0.1, 0.15) is 31.1 Å². The molecule has 0 aliphatic carbocycles. The largest absolute Gasteiger partial charge is 0.478 e. The third kappa shape index (κ3) is 5.14. The predicted octanol–water partition coefficient (Wildman–Crippen LogP) is 5.56. The number of hydrogen-bond acceptors (Lipinski definition) is 3. The quantitative estimate of drug-likeness (QED) is 0.369. The number of para-hydroxylation sites is 1. The molecule has 4 aromatic carbocycles. The Morgan fingerprint density at radius 3 is 1.94 bits per heavy atom. The number of aromatic carboxylic acids is 1. The van der Waals surface area contributed by atoms with Gasteiger partial charge in [0.1, 0.15) is 0 Å². The molecule has 0 aromatic heterocycles. The van der Waals surface area contributed by atoms with Crippen molar-refractivity contribution in [3.63, 3.8) is 0 Å². The average Bonchev–Trinajstić information content (AvgIpc) is 2.85. The fourth-order valence-electron chi connectivity index (χ4n) is 3.36. The van der Waals surface area contributed by atoms with Gasteiger partial charge in [-0.1, -0.05) is 60.7 Å². The molecule has 0 heterocycles. The molecule has 6 heteroatoms. The third-order valence-corrected chi connectivity index (χ3v) is 5.04. The van der Waals surface area contributed by atoms with Crippen molar-refractivity contribution in [3.8, 4) is 11.1 Å². The zero-order chi connectivity index (χ0) is 23.2. The number of anilines is 2. The Balaban J connectivity index is 1.46. The van der Waals surface area contributed by atoms with E-state index in [1.54, 1.807) is 42.5 Å². The van der Waals surface area contributed by atoms with Crippen LogP contribution < -0.4 is 10.6 Å². The van der Waals surface area contributed by atoms with Crippen molar-refractivity contribution >= 4 is 29.2 Å². The van der Waals surface area contributed by atoms with Crippen LogP contribution in [0.3, 0.4) is 0 Å². The Bertz CT molecular complexity index is 1320. The lowest BCUT2D eigenvalue weighted by Crippen LogP contribution is -2.16. The van der Waals surface area contributed by atoms with E-state index in [9.17, 15) is 19.5 Å². The SMILES string of the molecule is O=C(Nc1cccc(C(=O)Nc2ccccc2C(=O)O)c1)c1ccc(-c2ccccc2)cc1. The molecule has 2 amide bonds. The zero-order valence-electron chi connectivity index (χ0n) is 17.5. The molecule has 0 unspecified atom stereocenters. The number of carboxylic acid groups (broad SMARTS) is 1. The second kappa shape index (κ2) is 9.62. The van der Waals surface area contributed by atoms with E-state index in [4.69, 9.17) is 0 Å². The van der Waals surface area contributed by atoms with E-state index >= 15 is 0 Å². The summed E-state index contributed by atoms with van der Waals surface area (Å²) in [5.74, 6) is -1.92. The molecule has 6 nitrogen and oxygen atoms in total. The van der Waals surface area contributed by atoms with Crippen LogP contribution in [0.15, 0.2) is 103 Å². The van der Waals surface area contributed by atoms with Crippen LogP contribution in [0.4, 0.5) is 11.4 Å². The highest BCUT2D eigenvalue weighted by Crippen LogP contribution is 2.21. The standard InChI is InChI=1S/C27H20N2O4/c30-25(20-15-13-19(14-16-20)18-7-2-1-3-8-18)28-22-10-6-9-21(17-22)26(31)29-24-12-5-4-11-23(24)27(32)33/h1-17H,(H,28,30)(H,29,31)(H,32,33). The maximum Gasteiger partial charge on any atom is 0.337 e. The molecule has 0 aliphatic rings. The summed E-state index contributed by atoms with van der Waals surface area (Å²) in [7, 11) is 0. The number of nitrogens with one attached hydrogen (secondary N) is 2. The Morgan fingerprint density at radius 2 is 1.21 bits per heavy atom. The molecule has 0 bridgehead atoms. The minimum atomic E-state index is -1.13. The van der Waals surface area contributed by atoms with Crippen molar-refractivity contribution in [2.75, 3.05) is 10.6 Å². The summed E-state index contributed by atoms with van der Waals surface area (Å²) in [6.07, 6.45) is 0. The monoisotopic (exact) mass is 436 g/mol. The van der Waals surface area contributed by atoms with E-state index in [0.29, 0.717) is 11.3 Å². The Labute approximate surface area is 190 Å². The minimum absolute atomic E-state index is 0.00532. The van der Waals surface area contributed by atoms with Gasteiger partial charge >= 0.3 is 5.97 Å². The normalized spacial score (nSPS) is 10.3. The molecule has 0 fully saturated rings. The molecule has 4 aromatic rings. The highest BCUT2D eigenvalue weighted by Gasteiger charge is 2.14. The van der Waals surface area contributed by atoms with Crippen molar-refractivity contribution in [2.24, 2.45) is 0 Å². The van der Waals surface area contributed by atoms with E-state index in [1.807, 2.05) is 42.5 Å². The van der Waals surface area contributed by atoms with E-state index in [0.717, 1.165) is 11.1 Å². The lowest BCUT2D eigenvalue weighted by molar-refractivity contribution is 0.0697. The molecule has 33 heavy (non-hydrogen) atoms. The second-order valence-corrected chi connectivity index (χ2v) is 7.28. The molecular weight excluding hydrogens is 416 g/mol. The minimum Gasteiger partial charge on any atom is -0.478 e. The zero-order valence-corrected chi connectivity index (χ0v) is 17.5. The predicted molar refractivity (Wildman–Crippen MR) is 128 cm³/mol. The fourth-order valence-corrected chi connectivity index (χ4v) is 3.36. The maximum atomic E-state index is 12.7. The molecule has 0 radical (unpaired) electrons. The summed E-state index contributed by atoms with van der Waals surface area (Å²) in [5, 5.41) is 14.7. The number of carbonyl (C=O) groups is 3. The first kappa shape index (κ1) is 21.5. The third-order valence-electron chi connectivity index (χ3n) is 5.04. The van der Waals surface area contributed by atoms with Gasteiger partial charge in [0.25, 0.3) is 11.8 Å². The molecule has 162 valence electrons. The maximum absolute atomic E-state index is 12.7. The topological polar surface area (TPSA) is 95.5 Å². The smallest absolute Gasteiger partial charge is 0.337 e. The van der Waals surface area contributed by atoms with E-state index in [-0.39, 0.29) is 22.7 Å². The van der Waals surface area contributed by atoms with Crippen LogP contribution in [0.5, 0.6) is 0 Å². The van der Waals surface area contributed by atoms with Crippen molar-refractivity contribution < 1.29 is 19.5 Å². The van der Waals surface area contributed by atoms with E-state index < -0.39 is 11.9 Å². The summed E-state index contributed by atoms with van der Waals surface area (Å²) >= 11 is 0. The Kier molecular flexibility index (Phi) is 6.27. The molecule has 0 atom stereocenters. The van der Waals surface area contributed by atoms with Gasteiger partial charge in [0.05, 0.1) is 11.3 Å². The summed E-state index contributed by atoms with van der Waals surface area (Å²) in [5.41, 5.74) is 3.48. The number of hydrogen-bond donors (Lipinski definition) is 3. The van der Waals surface area contributed by atoms with Crippen LogP contribution in [0.25, 0.3) is 11.1 Å². The number of rotatable bonds is 6. The van der Waals surface area contributed by atoms with Crippen LogP contribution >= 0.6 is 0 Å². The molecule has 0 spiro atoms. The van der Waals surface area contributed by atoms with Gasteiger partial charge in [-0.3, -0.25) is 9.59 Å². The highest BCUT2D eigenvalue weighted by atomic mass is 16.4. The summed E-state index contributed by atoms with van der Waals surface area (Å²) in [4.78, 5) is 36.7. The van der Waals surface area contributed by atoms with Crippen molar-refractivity contribution in [3.05, 3.63) is 120 Å². The van der Waals surface area contributed by atoms with Gasteiger partial charge in [0, 0.05) is 16.8 Å². The van der Waals surface area contributed by atoms with Crippen molar-refractivity contribution in [2.45, 2.75) is 0 Å². The van der Waals surface area contributed by atoms with Crippen LogP contribution in [-0.4, -0.2) is 22.9 Å². The van der Waals surface area contributed by atoms with E-state index in [2.05, 4.69) is 10.6 Å². The second-order valence-electron chi connectivity index (χ2n) is 7.28. The van der Waals surface area contributed by atoms with Gasteiger partial charge in [-0.05, 0) is 53.6 Å². The van der Waals surface area contributed by atoms with Gasteiger partial charge in [0.2, 0.25) is 0 Å². The van der Waals surface area contributed by atoms with Crippen LogP contribution in [0, 0.1) is 0 Å². The number of amides is 2. The number of carbonyl (C=O) groups excluding carboxylic acids is 2. The van der Waals surface area contributed by atoms with Gasteiger partial charge < -0.3 is 15.7 Å². The van der Waals surface area contributed by atoms with Crippen LogP contribution in [-0.2, 0) is 0 Å². The first-order chi connectivity index (χ1) is 16.0. The number of benzene rings is 4. The molecular formula is C27H20N2O4. The molecule has 0 saturated heterocycles. The average molecular weight is 436 g/mol. The number of carboxylic acids is 1. The molecule has 4 rings (SSSR count). The molecule has 0 saturated carbocycles. The van der Waals surface area contributed by atoms with Gasteiger partial charge in [-0.15, -0.1) is 0 Å². The lowest BCUT2D eigenvalue weighted by Gasteiger charge is -2.10. The fraction of sp³-hybridized carbons (Fsp3) is 0. The van der Waals surface area contributed by atoms with Gasteiger partial charge in [-0.2, -0.15) is 0 Å². The first-order valence-corrected chi connectivity index (χ1v) is 10.2. The summed E-state index contributed by atoms with van der Waals surface area (Å²) in [6.45, 7) is 0. The van der Waals surface area contributed by atoms with E-state index in [1.165, 1.54) is 18.2 Å². The van der Waals surface area contributed by atoms with Gasteiger partial charge in [0.15, 0.2) is 0 Å². The Morgan fingerprint density at radius 1 is 0.576 bits per heavy atom. The van der Waals surface area contributed by atoms with Crippen molar-refractivity contribution in [1.82, 2.24) is 0 Å². The summed E-state index contributed by atoms with van der Waals surface area (Å²) in [6, 6.07) is 29.7. The summed E-state index contributed by atoms with van der Waals surface area (Å²) < 4.78 is 0. The molecule has 3 N–H and O–H groups in total. The van der Waals surface area contributed by atoms with Gasteiger partial charge in [-0.25, -0.2) is 4.79 Å².